The summed E-state index contributed by atoms with van der Waals surface area (Å²) in [5, 5.41) is -2.12. The van der Waals surface area contributed by atoms with Crippen LogP contribution in [0.4, 0.5) is 0 Å². The molecule has 3 N–H and O–H groups in total. The van der Waals surface area contributed by atoms with E-state index in [2.05, 4.69) is 0 Å². The molecular formula is C9H15NNaO6P2+. The second kappa shape index (κ2) is 7.46. The van der Waals surface area contributed by atoms with Gasteiger partial charge >= 0.3 is 37.2 Å². The molecule has 0 amide bonds. The van der Waals surface area contributed by atoms with E-state index in [1.165, 1.54) is 10.8 Å². The van der Waals surface area contributed by atoms with Crippen LogP contribution in [0.1, 0.15) is 12.5 Å². The Labute approximate surface area is 133 Å². The minimum atomic E-state index is -5.12. The molecule has 0 spiro atoms. The molecule has 0 radical (unpaired) electrons. The van der Waals surface area contributed by atoms with Crippen molar-refractivity contribution < 1.29 is 62.8 Å². The quantitative estimate of drug-likeness (QED) is 0.295. The molecule has 0 fully saturated rings. The monoisotopic (exact) mass is 318 g/mol. The van der Waals surface area contributed by atoms with Gasteiger partial charge in [-0.1, -0.05) is 6.92 Å². The van der Waals surface area contributed by atoms with Gasteiger partial charge in [-0.2, -0.15) is 0 Å². The van der Waals surface area contributed by atoms with Crippen LogP contribution in [0.15, 0.2) is 24.5 Å². The van der Waals surface area contributed by atoms with Gasteiger partial charge in [0.2, 0.25) is 0 Å². The zero-order valence-corrected chi connectivity index (χ0v) is 14.5. The second-order valence-corrected chi connectivity index (χ2v) is 7.86. The predicted octanol–water partition coefficient (Wildman–Crippen LogP) is -3.41. The van der Waals surface area contributed by atoms with E-state index < -0.39 is 27.1 Å². The van der Waals surface area contributed by atoms with E-state index in [1.54, 1.807) is 18.3 Å². The maximum absolute atomic E-state index is 11.1. The van der Waals surface area contributed by atoms with Gasteiger partial charge in [-0.15, -0.1) is 0 Å². The maximum atomic E-state index is 11.1. The zero-order valence-electron chi connectivity index (χ0n) is 10.7. The smallest absolute Gasteiger partial charge is 0.778 e. The molecule has 0 aromatic carbocycles. The maximum Gasteiger partial charge on any atom is 1.00 e. The van der Waals surface area contributed by atoms with Gasteiger partial charge in [-0.05, 0) is 12.5 Å². The summed E-state index contributed by atoms with van der Waals surface area (Å²) in [6, 6.07) is 3.45. The summed E-state index contributed by atoms with van der Waals surface area (Å²) < 4.78 is 23.4. The Morgan fingerprint density at radius 2 is 1.95 bits per heavy atom. The number of aryl methyl sites for hydroxylation is 1. The number of hydrogen-bond acceptors (Lipinski definition) is 3. The number of aromatic nitrogens is 1. The molecule has 1 heterocycles. The Balaban J connectivity index is 0.00000324. The van der Waals surface area contributed by atoms with Crippen LogP contribution in [0, 0.1) is 0 Å². The SMILES string of the molecule is CCc1ccc[n+](CC(P(=O)([O-])O)P(=O)(O)O)c1.[Na+]. The Kier molecular flexibility index (Phi) is 7.63. The van der Waals surface area contributed by atoms with Gasteiger partial charge in [0.25, 0.3) is 0 Å². The van der Waals surface area contributed by atoms with Crippen molar-refractivity contribution in [3.8, 4) is 0 Å². The van der Waals surface area contributed by atoms with Crippen LogP contribution >= 0.6 is 15.2 Å². The van der Waals surface area contributed by atoms with Crippen molar-refractivity contribution in [3.63, 3.8) is 0 Å². The van der Waals surface area contributed by atoms with Crippen LogP contribution in [0.2, 0.25) is 0 Å². The first kappa shape index (κ1) is 19.4. The third-order valence-corrected chi connectivity index (χ3v) is 6.10. The van der Waals surface area contributed by atoms with Crippen molar-refractivity contribution in [2.24, 2.45) is 0 Å². The Morgan fingerprint density at radius 1 is 1.37 bits per heavy atom. The van der Waals surface area contributed by atoms with Gasteiger partial charge in [0.05, 0.1) is 0 Å². The third kappa shape index (κ3) is 6.17. The molecule has 0 saturated heterocycles. The third-order valence-electron chi connectivity index (χ3n) is 2.47. The first-order valence-electron chi connectivity index (χ1n) is 5.21. The van der Waals surface area contributed by atoms with Gasteiger partial charge in [0, 0.05) is 11.6 Å². The van der Waals surface area contributed by atoms with E-state index in [0.29, 0.717) is 6.42 Å². The van der Waals surface area contributed by atoms with Gasteiger partial charge in [-0.3, -0.25) is 4.57 Å². The molecule has 1 rings (SSSR count). The summed E-state index contributed by atoms with van der Waals surface area (Å²) in [6.45, 7) is 1.40. The van der Waals surface area contributed by atoms with Crippen molar-refractivity contribution in [1.29, 1.82) is 0 Å². The van der Waals surface area contributed by atoms with Crippen LogP contribution in [0.25, 0.3) is 0 Å². The summed E-state index contributed by atoms with van der Waals surface area (Å²) in [5.41, 5.74) is 0.889. The van der Waals surface area contributed by atoms with Gasteiger partial charge in [0.1, 0.15) is 0 Å². The molecule has 0 saturated carbocycles. The van der Waals surface area contributed by atoms with E-state index in [9.17, 15) is 14.0 Å². The number of pyridine rings is 1. The normalized spacial score (nSPS) is 16.3. The molecule has 2 unspecified atom stereocenters. The molecule has 10 heteroatoms. The fourth-order valence-electron chi connectivity index (χ4n) is 1.49. The van der Waals surface area contributed by atoms with Crippen LogP contribution in [-0.2, 0) is 22.1 Å². The summed E-state index contributed by atoms with van der Waals surface area (Å²) in [4.78, 5) is 37.8. The molecule has 102 valence electrons. The summed E-state index contributed by atoms with van der Waals surface area (Å²) in [7, 11) is -10.1. The second-order valence-electron chi connectivity index (χ2n) is 3.90. The average molecular weight is 318 g/mol. The molecule has 0 bridgehead atoms. The number of rotatable bonds is 5. The number of hydrogen-bond donors (Lipinski definition) is 3. The van der Waals surface area contributed by atoms with Crippen molar-refractivity contribution in [3.05, 3.63) is 30.1 Å². The van der Waals surface area contributed by atoms with Gasteiger partial charge in [-0.25, -0.2) is 4.57 Å². The molecule has 1 aromatic rings. The van der Waals surface area contributed by atoms with E-state index >= 15 is 0 Å². The minimum Gasteiger partial charge on any atom is -0.778 e. The van der Waals surface area contributed by atoms with Crippen LogP contribution in [-0.4, -0.2) is 20.1 Å². The topological polar surface area (TPSA) is 122 Å². The Bertz CT molecular complexity index is 491. The van der Waals surface area contributed by atoms with Crippen molar-refractivity contribution >= 4 is 15.2 Å². The Hall–Kier alpha value is 0.450. The first-order valence-corrected chi connectivity index (χ1v) is 8.54. The zero-order chi connectivity index (χ0) is 14.0. The average Bonchev–Trinajstić information content (AvgIpc) is 2.23. The summed E-state index contributed by atoms with van der Waals surface area (Å²) in [5.74, 6) is 0. The summed E-state index contributed by atoms with van der Waals surface area (Å²) >= 11 is 0. The van der Waals surface area contributed by atoms with Crippen molar-refractivity contribution in [2.75, 3.05) is 0 Å². The van der Waals surface area contributed by atoms with E-state index in [-0.39, 0.29) is 29.6 Å². The molecular weight excluding hydrogens is 303 g/mol. The molecule has 0 aliphatic rings. The fraction of sp³-hybridized carbons (Fsp3) is 0.444. The predicted molar refractivity (Wildman–Crippen MR) is 61.7 cm³/mol. The molecule has 7 nitrogen and oxygen atoms in total. The molecule has 19 heavy (non-hydrogen) atoms. The van der Waals surface area contributed by atoms with Crippen molar-refractivity contribution in [1.82, 2.24) is 0 Å². The minimum absolute atomic E-state index is 0. The standard InChI is InChI=1S/C9H15NO6P2.Na/c1-2-8-4-3-5-10(6-8)7-9(17(11,12)13)18(14,15)16;/h3-6,9H,2,7H2,1H3,(H3-,11,12,13,14,15,16);/q;+1. The van der Waals surface area contributed by atoms with E-state index in [1.807, 2.05) is 6.92 Å². The molecule has 0 aliphatic carbocycles. The van der Waals surface area contributed by atoms with Gasteiger partial charge < -0.3 is 24.1 Å². The molecule has 2 atom stereocenters. The van der Waals surface area contributed by atoms with E-state index in [0.717, 1.165) is 5.56 Å². The van der Waals surface area contributed by atoms with Crippen LogP contribution in [0.3, 0.4) is 0 Å². The number of nitrogens with zero attached hydrogens (tertiary/aromatic N) is 1. The molecule has 0 aliphatic heterocycles. The first-order chi connectivity index (χ1) is 8.14. The molecule has 1 aromatic heterocycles. The largest absolute Gasteiger partial charge is 1.00 e. The van der Waals surface area contributed by atoms with E-state index in [4.69, 9.17) is 14.7 Å². The Morgan fingerprint density at radius 3 is 2.37 bits per heavy atom. The van der Waals surface area contributed by atoms with Crippen LogP contribution in [0.5, 0.6) is 0 Å². The van der Waals surface area contributed by atoms with Gasteiger partial charge in [0.15, 0.2) is 31.9 Å². The van der Waals surface area contributed by atoms with Crippen molar-refractivity contribution in [2.45, 2.75) is 25.3 Å². The fourth-order valence-corrected chi connectivity index (χ4v) is 3.80. The summed E-state index contributed by atoms with van der Waals surface area (Å²) in [6.07, 6.45) is 3.77. The van der Waals surface area contributed by atoms with Crippen LogP contribution < -0.4 is 39.0 Å².